The van der Waals surface area contributed by atoms with Gasteiger partial charge in [0.15, 0.2) is 6.29 Å². The van der Waals surface area contributed by atoms with Gasteiger partial charge in [0.25, 0.3) is 0 Å². The monoisotopic (exact) mass is 474 g/mol. The molecule has 0 amide bonds. The average molecular weight is 475 g/mol. The maximum Gasteiger partial charge on any atom is 0.308 e. The first kappa shape index (κ1) is 23.0. The first-order chi connectivity index (χ1) is 13.9. The van der Waals surface area contributed by atoms with Crippen molar-refractivity contribution < 1.29 is 19.0 Å². The van der Waals surface area contributed by atoms with Gasteiger partial charge in [-0.1, -0.05) is 69.6 Å². The lowest BCUT2D eigenvalue weighted by Gasteiger charge is -2.30. The molecule has 0 N–H and O–H groups in total. The molecule has 2 aromatic carbocycles. The van der Waals surface area contributed by atoms with Crippen LogP contribution in [0.15, 0.2) is 34.8 Å². The quantitative estimate of drug-likeness (QED) is 0.367. The minimum atomic E-state index is -0.324. The van der Waals surface area contributed by atoms with Crippen LogP contribution in [0.3, 0.4) is 0 Å². The molecule has 0 saturated carbocycles. The SMILES string of the molecule is CC(=O)Oc1c(C(C)(C)C)cc(-c2ccc(C3OCCO3)c(Br)c2)cc1C(C)(C)C. The minimum absolute atomic E-state index is 0.191. The van der Waals surface area contributed by atoms with Crippen molar-refractivity contribution in [1.29, 1.82) is 0 Å². The van der Waals surface area contributed by atoms with Gasteiger partial charge in [0, 0.05) is 28.1 Å². The average Bonchev–Trinajstić information content (AvgIpc) is 3.13. The van der Waals surface area contributed by atoms with Gasteiger partial charge in [-0.05, 0) is 40.2 Å². The molecule has 0 unspecified atom stereocenters. The lowest BCUT2D eigenvalue weighted by atomic mass is 9.77. The summed E-state index contributed by atoms with van der Waals surface area (Å²) in [7, 11) is 0. The van der Waals surface area contributed by atoms with Gasteiger partial charge in [0.05, 0.1) is 13.2 Å². The maximum atomic E-state index is 11.9. The van der Waals surface area contributed by atoms with Crippen molar-refractivity contribution >= 4 is 21.9 Å². The van der Waals surface area contributed by atoms with Crippen molar-refractivity contribution in [3.63, 3.8) is 0 Å². The highest BCUT2D eigenvalue weighted by molar-refractivity contribution is 9.10. The fourth-order valence-corrected chi connectivity index (χ4v) is 4.16. The smallest absolute Gasteiger partial charge is 0.308 e. The Bertz CT molecular complexity index is 910. The molecule has 5 heteroatoms. The van der Waals surface area contributed by atoms with E-state index < -0.39 is 0 Å². The molecule has 0 radical (unpaired) electrons. The lowest BCUT2D eigenvalue weighted by Crippen LogP contribution is -2.21. The van der Waals surface area contributed by atoms with Crippen LogP contribution < -0.4 is 4.74 Å². The Morgan fingerprint density at radius 1 is 0.933 bits per heavy atom. The molecule has 0 atom stereocenters. The molecule has 3 rings (SSSR count). The summed E-state index contributed by atoms with van der Waals surface area (Å²) in [6, 6.07) is 10.5. The maximum absolute atomic E-state index is 11.9. The number of ether oxygens (including phenoxy) is 3. The fraction of sp³-hybridized carbons (Fsp3) is 0.480. The molecular formula is C25H31BrO4. The Hall–Kier alpha value is -1.69. The van der Waals surface area contributed by atoms with Crippen molar-refractivity contribution in [3.8, 4) is 16.9 Å². The standard InChI is InChI=1S/C25H31BrO4/c1-15(27)30-22-19(24(2,3)4)12-17(13-20(22)25(5,6)7)16-8-9-18(21(26)14-16)23-28-10-11-29-23/h8-9,12-14,23H,10-11H2,1-7H3. The summed E-state index contributed by atoms with van der Waals surface area (Å²) < 4.78 is 18.0. The van der Waals surface area contributed by atoms with E-state index in [4.69, 9.17) is 14.2 Å². The molecule has 1 heterocycles. The van der Waals surface area contributed by atoms with Crippen LogP contribution in [0.2, 0.25) is 0 Å². The zero-order valence-corrected chi connectivity index (χ0v) is 20.5. The Labute approximate surface area is 188 Å². The Balaban J connectivity index is 2.18. The summed E-state index contributed by atoms with van der Waals surface area (Å²) in [5.41, 5.74) is 4.80. The third-order valence-electron chi connectivity index (χ3n) is 5.16. The van der Waals surface area contributed by atoms with E-state index in [1.165, 1.54) is 6.92 Å². The number of esters is 1. The van der Waals surface area contributed by atoms with E-state index in [0.29, 0.717) is 19.0 Å². The molecule has 1 aliphatic heterocycles. The van der Waals surface area contributed by atoms with E-state index in [1.807, 2.05) is 6.07 Å². The molecule has 0 aliphatic carbocycles. The summed E-state index contributed by atoms with van der Waals surface area (Å²) in [6.45, 7) is 15.5. The normalized spacial score (nSPS) is 15.5. The van der Waals surface area contributed by atoms with Crippen molar-refractivity contribution in [1.82, 2.24) is 0 Å². The summed E-state index contributed by atoms with van der Waals surface area (Å²) in [4.78, 5) is 11.9. The van der Waals surface area contributed by atoms with E-state index in [0.717, 1.165) is 32.3 Å². The van der Waals surface area contributed by atoms with Gasteiger partial charge < -0.3 is 14.2 Å². The number of hydrogen-bond donors (Lipinski definition) is 0. The summed E-state index contributed by atoms with van der Waals surface area (Å²) in [5, 5.41) is 0. The zero-order chi connectivity index (χ0) is 22.3. The van der Waals surface area contributed by atoms with Crippen molar-refractivity contribution in [3.05, 3.63) is 51.5 Å². The molecular weight excluding hydrogens is 444 g/mol. The second-order valence-corrected chi connectivity index (χ2v) is 10.7. The number of halogens is 1. The summed E-state index contributed by atoms with van der Waals surface area (Å²) in [5.74, 6) is 0.372. The minimum Gasteiger partial charge on any atom is -0.426 e. The Morgan fingerprint density at radius 2 is 1.47 bits per heavy atom. The number of carbonyl (C=O) groups is 1. The Kier molecular flexibility index (Phi) is 6.47. The van der Waals surface area contributed by atoms with Crippen LogP contribution in [-0.4, -0.2) is 19.2 Å². The molecule has 162 valence electrons. The molecule has 2 aromatic rings. The molecule has 4 nitrogen and oxygen atoms in total. The number of benzene rings is 2. The Morgan fingerprint density at radius 3 is 1.90 bits per heavy atom. The topological polar surface area (TPSA) is 44.8 Å². The molecule has 1 fully saturated rings. The highest BCUT2D eigenvalue weighted by atomic mass is 79.9. The lowest BCUT2D eigenvalue weighted by molar-refractivity contribution is -0.132. The number of rotatable bonds is 3. The molecule has 1 saturated heterocycles. The van der Waals surface area contributed by atoms with Crippen LogP contribution in [-0.2, 0) is 25.1 Å². The van der Waals surface area contributed by atoms with Gasteiger partial charge in [-0.15, -0.1) is 0 Å². The van der Waals surface area contributed by atoms with Gasteiger partial charge >= 0.3 is 5.97 Å². The molecule has 30 heavy (non-hydrogen) atoms. The molecule has 0 bridgehead atoms. The van der Waals surface area contributed by atoms with Crippen LogP contribution in [0.1, 0.15) is 71.4 Å². The summed E-state index contributed by atoms with van der Waals surface area (Å²) >= 11 is 3.69. The van der Waals surface area contributed by atoms with Gasteiger partial charge in [-0.3, -0.25) is 4.79 Å². The van der Waals surface area contributed by atoms with Crippen molar-refractivity contribution in [2.45, 2.75) is 65.6 Å². The molecule has 0 spiro atoms. The van der Waals surface area contributed by atoms with Crippen LogP contribution in [0.25, 0.3) is 11.1 Å². The highest BCUT2D eigenvalue weighted by Gasteiger charge is 2.29. The van der Waals surface area contributed by atoms with Gasteiger partial charge in [-0.25, -0.2) is 0 Å². The second-order valence-electron chi connectivity index (χ2n) is 9.80. The van der Waals surface area contributed by atoms with Crippen molar-refractivity contribution in [2.24, 2.45) is 0 Å². The predicted molar refractivity (Wildman–Crippen MR) is 123 cm³/mol. The third-order valence-corrected chi connectivity index (χ3v) is 5.85. The van der Waals surface area contributed by atoms with E-state index in [-0.39, 0.29) is 23.1 Å². The number of carbonyl (C=O) groups excluding carboxylic acids is 1. The van der Waals surface area contributed by atoms with E-state index in [1.54, 1.807) is 0 Å². The van der Waals surface area contributed by atoms with Gasteiger partial charge in [0.1, 0.15) is 5.75 Å². The zero-order valence-electron chi connectivity index (χ0n) is 18.9. The second kappa shape index (κ2) is 8.45. The fourth-order valence-electron chi connectivity index (χ4n) is 3.60. The van der Waals surface area contributed by atoms with Crippen molar-refractivity contribution in [2.75, 3.05) is 13.2 Å². The first-order valence-electron chi connectivity index (χ1n) is 10.3. The van der Waals surface area contributed by atoms with Crippen LogP contribution in [0.4, 0.5) is 0 Å². The first-order valence-corrected chi connectivity index (χ1v) is 11.1. The predicted octanol–water partition coefficient (Wildman–Crippen LogP) is 6.68. The number of hydrogen-bond acceptors (Lipinski definition) is 4. The van der Waals surface area contributed by atoms with Gasteiger partial charge in [0.2, 0.25) is 0 Å². The van der Waals surface area contributed by atoms with Crippen LogP contribution in [0, 0.1) is 0 Å². The molecule has 1 aliphatic rings. The van der Waals surface area contributed by atoms with E-state index in [9.17, 15) is 4.79 Å². The third kappa shape index (κ3) is 4.96. The summed E-state index contributed by atoms with van der Waals surface area (Å²) in [6.07, 6.45) is -0.324. The largest absolute Gasteiger partial charge is 0.426 e. The van der Waals surface area contributed by atoms with E-state index in [2.05, 4.69) is 81.7 Å². The molecule has 0 aromatic heterocycles. The van der Waals surface area contributed by atoms with E-state index >= 15 is 0 Å². The highest BCUT2D eigenvalue weighted by Crippen LogP contribution is 2.43. The van der Waals surface area contributed by atoms with Crippen LogP contribution in [0.5, 0.6) is 5.75 Å². The van der Waals surface area contributed by atoms with Gasteiger partial charge in [-0.2, -0.15) is 0 Å². The van der Waals surface area contributed by atoms with Crippen LogP contribution >= 0.6 is 15.9 Å².